The molecule has 2 aromatic rings. The number of anilines is 3. The van der Waals surface area contributed by atoms with E-state index in [0.29, 0.717) is 18.2 Å². The van der Waals surface area contributed by atoms with Crippen LogP contribution in [-0.2, 0) is 6.54 Å². The van der Waals surface area contributed by atoms with Crippen LogP contribution in [0.5, 0.6) is 0 Å². The quantitative estimate of drug-likeness (QED) is 0.462. The van der Waals surface area contributed by atoms with Crippen molar-refractivity contribution >= 4 is 17.6 Å². The first-order chi connectivity index (χ1) is 8.69. The smallest absolute Gasteiger partial charge is 0.223 e. The van der Waals surface area contributed by atoms with Gasteiger partial charge in [-0.05, 0) is 18.6 Å². The molecule has 0 bridgehead atoms. The summed E-state index contributed by atoms with van der Waals surface area (Å²) < 4.78 is 0. The lowest BCUT2D eigenvalue weighted by molar-refractivity contribution is 1.00. The monoisotopic (exact) mass is 245 g/mol. The molecule has 0 amide bonds. The molecule has 2 heterocycles. The number of nitrogens with one attached hydrogen (secondary N) is 2. The van der Waals surface area contributed by atoms with E-state index in [0.717, 1.165) is 11.3 Å². The number of rotatable bonds is 4. The lowest BCUT2D eigenvalue weighted by atomic mass is 10.2. The standard InChI is InChI=1S/C11H15N7/c1-7-3-2-4-14-8(7)6-15-9-5-10(18-13)17-11(12)16-9/h2-5H,6,13H2,1H3,(H4,12,15,16,17,18). The second kappa shape index (κ2) is 5.28. The number of nitrogens with two attached hydrogens (primary N) is 2. The fourth-order valence-electron chi connectivity index (χ4n) is 1.51. The number of nitrogen functional groups attached to an aromatic ring is 2. The van der Waals surface area contributed by atoms with E-state index >= 15 is 0 Å². The molecule has 0 radical (unpaired) electrons. The summed E-state index contributed by atoms with van der Waals surface area (Å²) in [7, 11) is 0. The summed E-state index contributed by atoms with van der Waals surface area (Å²) in [6.45, 7) is 2.57. The summed E-state index contributed by atoms with van der Waals surface area (Å²) >= 11 is 0. The van der Waals surface area contributed by atoms with Crippen LogP contribution in [0.2, 0.25) is 0 Å². The minimum Gasteiger partial charge on any atom is -0.368 e. The second-order valence-electron chi connectivity index (χ2n) is 3.76. The van der Waals surface area contributed by atoms with Crippen LogP contribution in [-0.4, -0.2) is 15.0 Å². The van der Waals surface area contributed by atoms with E-state index in [1.54, 1.807) is 12.3 Å². The number of hydrogen-bond acceptors (Lipinski definition) is 7. The van der Waals surface area contributed by atoms with Gasteiger partial charge in [0.2, 0.25) is 5.95 Å². The van der Waals surface area contributed by atoms with Crippen LogP contribution in [0.1, 0.15) is 11.3 Å². The van der Waals surface area contributed by atoms with Crippen LogP contribution < -0.4 is 22.3 Å². The highest BCUT2D eigenvalue weighted by atomic mass is 15.3. The Morgan fingerprint density at radius 3 is 2.78 bits per heavy atom. The molecular formula is C11H15N7. The summed E-state index contributed by atoms with van der Waals surface area (Å²) in [6, 6.07) is 5.58. The van der Waals surface area contributed by atoms with Gasteiger partial charge >= 0.3 is 0 Å². The number of pyridine rings is 1. The molecule has 18 heavy (non-hydrogen) atoms. The van der Waals surface area contributed by atoms with Gasteiger partial charge in [-0.3, -0.25) is 4.98 Å². The minimum absolute atomic E-state index is 0.158. The number of hydrazine groups is 1. The Hall–Kier alpha value is -2.41. The third-order valence-electron chi connectivity index (χ3n) is 2.45. The minimum atomic E-state index is 0.158. The maximum Gasteiger partial charge on any atom is 0.223 e. The molecule has 0 aromatic carbocycles. The average molecular weight is 245 g/mol. The topological polar surface area (TPSA) is 115 Å². The molecule has 0 atom stereocenters. The van der Waals surface area contributed by atoms with E-state index in [4.69, 9.17) is 11.6 Å². The molecule has 0 aliphatic carbocycles. The van der Waals surface area contributed by atoms with Crippen molar-refractivity contribution in [2.75, 3.05) is 16.5 Å². The van der Waals surface area contributed by atoms with Crippen LogP contribution in [0.25, 0.3) is 0 Å². The normalized spacial score (nSPS) is 10.1. The van der Waals surface area contributed by atoms with Crippen molar-refractivity contribution in [3.05, 3.63) is 35.7 Å². The molecular weight excluding hydrogens is 230 g/mol. The van der Waals surface area contributed by atoms with Gasteiger partial charge < -0.3 is 16.5 Å². The van der Waals surface area contributed by atoms with Crippen LogP contribution >= 0.6 is 0 Å². The number of hydrogen-bond donors (Lipinski definition) is 4. The molecule has 0 spiro atoms. The summed E-state index contributed by atoms with van der Waals surface area (Å²) in [4.78, 5) is 12.2. The largest absolute Gasteiger partial charge is 0.368 e. The van der Waals surface area contributed by atoms with Crippen molar-refractivity contribution in [2.24, 2.45) is 5.84 Å². The van der Waals surface area contributed by atoms with Gasteiger partial charge in [0.25, 0.3) is 0 Å². The summed E-state index contributed by atoms with van der Waals surface area (Å²) in [5, 5.41) is 3.13. The molecule has 2 aromatic heterocycles. The molecule has 6 N–H and O–H groups in total. The molecule has 7 nitrogen and oxygen atoms in total. The van der Waals surface area contributed by atoms with E-state index in [2.05, 4.69) is 25.7 Å². The zero-order valence-electron chi connectivity index (χ0n) is 10.0. The molecule has 0 aliphatic rings. The highest BCUT2D eigenvalue weighted by Gasteiger charge is 2.03. The Morgan fingerprint density at radius 1 is 1.28 bits per heavy atom. The lowest BCUT2D eigenvalue weighted by Gasteiger charge is -2.09. The first-order valence-electron chi connectivity index (χ1n) is 5.44. The third kappa shape index (κ3) is 2.83. The molecule has 0 aliphatic heterocycles. The SMILES string of the molecule is Cc1cccnc1CNc1cc(NN)nc(N)n1. The van der Waals surface area contributed by atoms with Crippen molar-refractivity contribution in [1.82, 2.24) is 15.0 Å². The van der Waals surface area contributed by atoms with Crippen molar-refractivity contribution in [1.29, 1.82) is 0 Å². The molecule has 0 unspecified atom stereocenters. The maximum absolute atomic E-state index is 5.56. The van der Waals surface area contributed by atoms with Crippen molar-refractivity contribution in [3.63, 3.8) is 0 Å². The third-order valence-corrected chi connectivity index (χ3v) is 2.45. The van der Waals surface area contributed by atoms with Gasteiger partial charge in [0.15, 0.2) is 0 Å². The molecule has 7 heteroatoms. The van der Waals surface area contributed by atoms with Crippen molar-refractivity contribution < 1.29 is 0 Å². The van der Waals surface area contributed by atoms with E-state index in [1.807, 2.05) is 19.1 Å². The van der Waals surface area contributed by atoms with Gasteiger partial charge in [-0.2, -0.15) is 9.97 Å². The second-order valence-corrected chi connectivity index (χ2v) is 3.76. The number of aromatic nitrogens is 3. The Bertz CT molecular complexity index is 541. The van der Waals surface area contributed by atoms with Gasteiger partial charge in [0.1, 0.15) is 11.6 Å². The van der Waals surface area contributed by atoms with Gasteiger partial charge in [-0.15, -0.1) is 0 Å². The molecule has 0 saturated carbocycles. The van der Waals surface area contributed by atoms with Gasteiger partial charge in [-0.1, -0.05) is 6.07 Å². The summed E-state index contributed by atoms with van der Waals surface area (Å²) in [5.74, 6) is 6.50. The highest BCUT2D eigenvalue weighted by Crippen LogP contribution is 2.13. The van der Waals surface area contributed by atoms with E-state index in [1.165, 1.54) is 0 Å². The Kier molecular flexibility index (Phi) is 3.54. The van der Waals surface area contributed by atoms with Gasteiger partial charge in [-0.25, -0.2) is 5.84 Å². The van der Waals surface area contributed by atoms with Crippen LogP contribution in [0.15, 0.2) is 24.4 Å². The van der Waals surface area contributed by atoms with Crippen LogP contribution in [0.3, 0.4) is 0 Å². The van der Waals surface area contributed by atoms with Crippen molar-refractivity contribution in [3.8, 4) is 0 Å². The Morgan fingerprint density at radius 2 is 2.06 bits per heavy atom. The van der Waals surface area contributed by atoms with E-state index in [-0.39, 0.29) is 5.95 Å². The molecule has 94 valence electrons. The zero-order chi connectivity index (χ0) is 13.0. The first kappa shape index (κ1) is 12.1. The molecule has 2 rings (SSSR count). The first-order valence-corrected chi connectivity index (χ1v) is 5.44. The van der Waals surface area contributed by atoms with Gasteiger partial charge in [0.05, 0.1) is 12.2 Å². The lowest BCUT2D eigenvalue weighted by Crippen LogP contribution is -2.12. The summed E-state index contributed by atoms with van der Waals surface area (Å²) in [5.41, 5.74) is 10.1. The predicted octanol–water partition coefficient (Wildman–Crippen LogP) is 0.660. The van der Waals surface area contributed by atoms with E-state index in [9.17, 15) is 0 Å². The fourth-order valence-corrected chi connectivity index (χ4v) is 1.51. The fraction of sp³-hybridized carbons (Fsp3) is 0.182. The molecule has 0 fully saturated rings. The number of aryl methyl sites for hydroxylation is 1. The van der Waals surface area contributed by atoms with E-state index < -0.39 is 0 Å². The van der Waals surface area contributed by atoms with Crippen LogP contribution in [0, 0.1) is 6.92 Å². The zero-order valence-corrected chi connectivity index (χ0v) is 10.0. The Labute approximate surface area is 105 Å². The highest BCUT2D eigenvalue weighted by molar-refractivity contribution is 5.50. The average Bonchev–Trinajstić information content (AvgIpc) is 2.37. The summed E-state index contributed by atoms with van der Waals surface area (Å²) in [6.07, 6.45) is 1.76. The predicted molar refractivity (Wildman–Crippen MR) is 70.6 cm³/mol. The number of nitrogens with zero attached hydrogens (tertiary/aromatic N) is 3. The van der Waals surface area contributed by atoms with Crippen LogP contribution in [0.4, 0.5) is 17.6 Å². The maximum atomic E-state index is 5.56. The van der Waals surface area contributed by atoms with Crippen molar-refractivity contribution in [2.45, 2.75) is 13.5 Å². The van der Waals surface area contributed by atoms with Gasteiger partial charge in [0, 0.05) is 12.3 Å². The Balaban J connectivity index is 2.11. The molecule has 0 saturated heterocycles.